The highest BCUT2D eigenvalue weighted by atomic mass is 16.2. The molecule has 3 N–H and O–H groups in total. The molecule has 104 valence electrons. The molecule has 1 aliphatic carbocycles. The van der Waals surface area contributed by atoms with Crippen molar-refractivity contribution >= 4 is 5.91 Å². The average Bonchev–Trinajstić information content (AvgIpc) is 2.37. The monoisotopic (exact) mass is 261 g/mol. The van der Waals surface area contributed by atoms with Crippen LogP contribution < -0.4 is 11.2 Å². The number of hydrazine groups is 1. The minimum Gasteiger partial charge on any atom is -0.324 e. The van der Waals surface area contributed by atoms with Crippen molar-refractivity contribution in [1.82, 2.24) is 10.4 Å². The minimum absolute atomic E-state index is 0.0461. The third kappa shape index (κ3) is 3.78. The van der Waals surface area contributed by atoms with Crippen molar-refractivity contribution in [2.75, 3.05) is 14.1 Å². The Morgan fingerprint density at radius 2 is 2.00 bits per heavy atom. The lowest BCUT2D eigenvalue weighted by atomic mass is 9.89. The zero-order valence-electron chi connectivity index (χ0n) is 11.8. The summed E-state index contributed by atoms with van der Waals surface area (Å²) in [6.07, 6.45) is 5.17. The van der Waals surface area contributed by atoms with Crippen LogP contribution in [0.2, 0.25) is 0 Å². The first-order valence-electron chi connectivity index (χ1n) is 6.90. The van der Waals surface area contributed by atoms with Gasteiger partial charge in [-0.25, -0.2) is 5.01 Å². The number of nitrogens with two attached hydrogens (primary N) is 1. The number of rotatable bonds is 4. The van der Waals surface area contributed by atoms with Gasteiger partial charge in [0.1, 0.15) is 0 Å². The van der Waals surface area contributed by atoms with Crippen molar-refractivity contribution in [3.63, 3.8) is 0 Å². The van der Waals surface area contributed by atoms with E-state index in [2.05, 4.69) is 23.6 Å². The van der Waals surface area contributed by atoms with Gasteiger partial charge in [-0.3, -0.25) is 10.2 Å². The van der Waals surface area contributed by atoms with Crippen LogP contribution in [0.3, 0.4) is 0 Å². The molecule has 1 aromatic carbocycles. The summed E-state index contributed by atoms with van der Waals surface area (Å²) >= 11 is 0. The molecule has 0 saturated heterocycles. The van der Waals surface area contributed by atoms with Gasteiger partial charge in [0.05, 0.1) is 0 Å². The number of aryl methyl sites for hydroxylation is 2. The maximum atomic E-state index is 11.7. The molecule has 0 fully saturated rings. The molecule has 1 aliphatic rings. The highest BCUT2D eigenvalue weighted by molar-refractivity contribution is 5.76. The summed E-state index contributed by atoms with van der Waals surface area (Å²) in [5, 5.41) is 1.64. The number of hydrogen-bond donors (Lipinski definition) is 2. The molecule has 4 nitrogen and oxygen atoms in total. The van der Waals surface area contributed by atoms with Crippen LogP contribution in [-0.2, 0) is 17.6 Å². The van der Waals surface area contributed by atoms with Gasteiger partial charge in [0.2, 0.25) is 5.91 Å². The van der Waals surface area contributed by atoms with E-state index < -0.39 is 0 Å². The molecule has 2 rings (SSSR count). The Kier molecular flexibility index (Phi) is 4.56. The predicted octanol–water partition coefficient (Wildman–Crippen LogP) is 1.55. The van der Waals surface area contributed by atoms with Crippen molar-refractivity contribution in [2.45, 2.75) is 38.1 Å². The number of amides is 1. The van der Waals surface area contributed by atoms with Gasteiger partial charge in [-0.2, -0.15) is 0 Å². The number of benzene rings is 1. The molecule has 1 atom stereocenters. The summed E-state index contributed by atoms with van der Waals surface area (Å²) in [4.78, 5) is 11.7. The largest absolute Gasteiger partial charge is 0.324 e. The van der Waals surface area contributed by atoms with Crippen LogP contribution >= 0.6 is 0 Å². The van der Waals surface area contributed by atoms with E-state index in [0.717, 1.165) is 12.0 Å². The Balaban J connectivity index is 2.03. The van der Waals surface area contributed by atoms with Gasteiger partial charge in [-0.15, -0.1) is 0 Å². The second-order valence-corrected chi connectivity index (χ2v) is 5.48. The lowest BCUT2D eigenvalue weighted by Gasteiger charge is -2.19. The van der Waals surface area contributed by atoms with E-state index in [-0.39, 0.29) is 11.9 Å². The molecule has 1 unspecified atom stereocenters. The van der Waals surface area contributed by atoms with Gasteiger partial charge in [0.15, 0.2) is 0 Å². The van der Waals surface area contributed by atoms with Gasteiger partial charge in [-0.05, 0) is 42.4 Å². The van der Waals surface area contributed by atoms with Gasteiger partial charge < -0.3 is 5.73 Å². The first-order chi connectivity index (χ1) is 9.06. The summed E-state index contributed by atoms with van der Waals surface area (Å²) in [7, 11) is 3.59. The molecule has 0 radical (unpaired) electrons. The zero-order valence-corrected chi connectivity index (χ0v) is 11.8. The van der Waals surface area contributed by atoms with E-state index in [1.807, 2.05) is 0 Å². The lowest BCUT2D eigenvalue weighted by Crippen LogP contribution is -2.37. The summed E-state index contributed by atoms with van der Waals surface area (Å²) in [6, 6.07) is 6.19. The highest BCUT2D eigenvalue weighted by Gasteiger charge is 2.15. The fourth-order valence-corrected chi connectivity index (χ4v) is 2.60. The summed E-state index contributed by atoms with van der Waals surface area (Å²) < 4.78 is 0. The third-order valence-electron chi connectivity index (χ3n) is 3.55. The Labute approximate surface area is 114 Å². The van der Waals surface area contributed by atoms with E-state index in [4.69, 9.17) is 5.73 Å². The Hall–Kier alpha value is -1.39. The van der Waals surface area contributed by atoms with Gasteiger partial charge in [0, 0.05) is 26.6 Å². The van der Waals surface area contributed by atoms with E-state index in [9.17, 15) is 4.79 Å². The molecule has 0 heterocycles. The fraction of sp³-hybridized carbons (Fsp3) is 0.533. The molecule has 4 heteroatoms. The second-order valence-electron chi connectivity index (χ2n) is 5.48. The van der Waals surface area contributed by atoms with Crippen molar-refractivity contribution in [2.24, 2.45) is 5.73 Å². The van der Waals surface area contributed by atoms with Gasteiger partial charge >= 0.3 is 0 Å². The van der Waals surface area contributed by atoms with Crippen LogP contribution in [0.15, 0.2) is 18.2 Å². The van der Waals surface area contributed by atoms with E-state index in [0.29, 0.717) is 6.42 Å². The molecular weight excluding hydrogens is 238 g/mol. The standard InChI is InChI=1S/C15H23N3O/c1-18(2)17-15(19)10-14(16)13-8-7-11-5-3-4-6-12(11)9-13/h7-9,14H,3-6,10,16H2,1-2H3,(H,17,19). The van der Waals surface area contributed by atoms with E-state index >= 15 is 0 Å². The Morgan fingerprint density at radius 3 is 2.68 bits per heavy atom. The second kappa shape index (κ2) is 6.17. The normalized spacial score (nSPS) is 16.0. The van der Waals surface area contributed by atoms with Crippen molar-refractivity contribution in [1.29, 1.82) is 0 Å². The van der Waals surface area contributed by atoms with Crippen molar-refractivity contribution in [3.05, 3.63) is 34.9 Å². The number of hydrogen-bond acceptors (Lipinski definition) is 3. The zero-order chi connectivity index (χ0) is 13.8. The number of nitrogens with one attached hydrogen (secondary N) is 1. The molecule has 0 aromatic heterocycles. The topological polar surface area (TPSA) is 58.4 Å². The minimum atomic E-state index is -0.229. The van der Waals surface area contributed by atoms with Crippen molar-refractivity contribution < 1.29 is 4.79 Å². The summed E-state index contributed by atoms with van der Waals surface area (Å²) in [5.74, 6) is -0.0461. The fourth-order valence-electron chi connectivity index (χ4n) is 2.60. The van der Waals surface area contributed by atoms with Crippen LogP contribution in [0.4, 0.5) is 0 Å². The molecule has 0 bridgehead atoms. The first-order valence-corrected chi connectivity index (χ1v) is 6.90. The van der Waals surface area contributed by atoms with E-state index in [1.165, 1.54) is 30.4 Å². The maximum Gasteiger partial charge on any atom is 0.236 e. The number of fused-ring (bicyclic) bond motifs is 1. The van der Waals surface area contributed by atoms with Crippen LogP contribution in [0.5, 0.6) is 0 Å². The molecule has 0 aliphatic heterocycles. The van der Waals surface area contributed by atoms with Crippen LogP contribution in [-0.4, -0.2) is 25.0 Å². The molecule has 19 heavy (non-hydrogen) atoms. The van der Waals surface area contributed by atoms with Crippen LogP contribution in [0.1, 0.15) is 42.0 Å². The van der Waals surface area contributed by atoms with Crippen LogP contribution in [0.25, 0.3) is 0 Å². The Bertz CT molecular complexity index is 457. The molecular formula is C15H23N3O. The van der Waals surface area contributed by atoms with Gasteiger partial charge in [0.25, 0.3) is 0 Å². The molecule has 1 aromatic rings. The van der Waals surface area contributed by atoms with Gasteiger partial charge in [-0.1, -0.05) is 18.2 Å². The quantitative estimate of drug-likeness (QED) is 0.808. The lowest BCUT2D eigenvalue weighted by molar-refractivity contribution is -0.125. The third-order valence-corrected chi connectivity index (χ3v) is 3.55. The SMILES string of the molecule is CN(C)NC(=O)CC(N)c1ccc2c(c1)CCCC2. The molecule has 1 amide bonds. The number of nitrogens with zero attached hydrogens (tertiary/aromatic N) is 1. The average molecular weight is 261 g/mol. The Morgan fingerprint density at radius 1 is 1.32 bits per heavy atom. The highest BCUT2D eigenvalue weighted by Crippen LogP contribution is 2.25. The maximum absolute atomic E-state index is 11.7. The smallest absolute Gasteiger partial charge is 0.236 e. The molecule has 0 spiro atoms. The number of carbonyl (C=O) groups excluding carboxylic acids is 1. The molecule has 0 saturated carbocycles. The van der Waals surface area contributed by atoms with Crippen molar-refractivity contribution in [3.8, 4) is 0 Å². The first kappa shape index (κ1) is 14.0. The summed E-state index contributed by atoms with van der Waals surface area (Å²) in [5.41, 5.74) is 12.8. The summed E-state index contributed by atoms with van der Waals surface area (Å²) in [6.45, 7) is 0. The van der Waals surface area contributed by atoms with E-state index in [1.54, 1.807) is 19.1 Å². The van der Waals surface area contributed by atoms with Crippen LogP contribution in [0, 0.1) is 0 Å². The number of carbonyl (C=O) groups is 1. The predicted molar refractivity (Wildman–Crippen MR) is 76.5 cm³/mol.